The van der Waals surface area contributed by atoms with Crippen molar-refractivity contribution in [2.45, 2.75) is 0 Å². The Labute approximate surface area is 152 Å². The van der Waals surface area contributed by atoms with Gasteiger partial charge in [-0.25, -0.2) is 4.98 Å². The van der Waals surface area contributed by atoms with Crippen molar-refractivity contribution in [3.05, 3.63) is 84.9 Å². The van der Waals surface area contributed by atoms with Gasteiger partial charge in [0.15, 0.2) is 0 Å². The zero-order chi connectivity index (χ0) is 17.7. The van der Waals surface area contributed by atoms with E-state index < -0.39 is 0 Å². The second kappa shape index (κ2) is 5.57. The summed E-state index contributed by atoms with van der Waals surface area (Å²) >= 11 is 0. The minimum atomic E-state index is 0.988. The summed E-state index contributed by atoms with van der Waals surface area (Å²) in [5.41, 5.74) is 4.46. The van der Waals surface area contributed by atoms with E-state index in [2.05, 4.69) is 84.9 Å². The highest BCUT2D eigenvalue weighted by atomic mass is 15.1. The van der Waals surface area contributed by atoms with E-state index in [0.717, 1.165) is 22.5 Å². The van der Waals surface area contributed by atoms with E-state index in [-0.39, 0.29) is 0 Å². The first-order valence-electron chi connectivity index (χ1n) is 8.76. The van der Waals surface area contributed by atoms with Crippen molar-refractivity contribution >= 4 is 38.7 Å². The lowest BCUT2D eigenvalue weighted by molar-refractivity contribution is 0.962. The summed E-state index contributed by atoms with van der Waals surface area (Å²) in [6.07, 6.45) is 1.89. The third kappa shape index (κ3) is 2.02. The number of benzene rings is 4. The molecule has 1 heterocycles. The molecule has 0 fully saturated rings. The molecule has 5 rings (SSSR count). The molecule has 0 aliphatic carbocycles. The fraction of sp³-hybridized carbons (Fsp3) is 0.0417. The van der Waals surface area contributed by atoms with Crippen LogP contribution in [0.2, 0.25) is 0 Å². The number of rotatable bonds is 2. The van der Waals surface area contributed by atoms with Crippen molar-refractivity contribution < 1.29 is 0 Å². The smallest absolute Gasteiger partial charge is 0.140 e. The van der Waals surface area contributed by atoms with Gasteiger partial charge in [-0.05, 0) is 22.4 Å². The van der Waals surface area contributed by atoms with Gasteiger partial charge in [0, 0.05) is 23.4 Å². The van der Waals surface area contributed by atoms with Gasteiger partial charge in [-0.2, -0.15) is 0 Å². The number of nitrogens with zero attached hydrogens (tertiary/aromatic N) is 2. The van der Waals surface area contributed by atoms with Crippen molar-refractivity contribution in [1.29, 1.82) is 0 Å². The number of hydrogen-bond donors (Lipinski definition) is 0. The van der Waals surface area contributed by atoms with E-state index in [1.807, 2.05) is 12.1 Å². The molecule has 0 spiro atoms. The first-order valence-corrected chi connectivity index (χ1v) is 8.76. The van der Waals surface area contributed by atoms with E-state index in [4.69, 9.17) is 4.98 Å². The SMILES string of the molecule is C=Cc1ccc2c3ccccc3c3c(nc(-c4ccccc4)n3C)c2c1. The molecule has 0 aliphatic rings. The van der Waals surface area contributed by atoms with Crippen molar-refractivity contribution in [3.63, 3.8) is 0 Å². The Morgan fingerprint density at radius 3 is 2.27 bits per heavy atom. The number of aromatic nitrogens is 2. The van der Waals surface area contributed by atoms with Crippen LogP contribution in [0.4, 0.5) is 0 Å². The molecule has 0 aliphatic heterocycles. The Morgan fingerprint density at radius 1 is 0.808 bits per heavy atom. The molecule has 1 aromatic heterocycles. The van der Waals surface area contributed by atoms with Crippen LogP contribution in [0.25, 0.3) is 50.0 Å². The third-order valence-corrected chi connectivity index (χ3v) is 5.13. The zero-order valence-electron chi connectivity index (χ0n) is 14.6. The fourth-order valence-corrected chi connectivity index (χ4v) is 3.88. The van der Waals surface area contributed by atoms with Gasteiger partial charge in [0.2, 0.25) is 0 Å². The summed E-state index contributed by atoms with van der Waals surface area (Å²) in [7, 11) is 2.10. The first-order chi connectivity index (χ1) is 12.8. The lowest BCUT2D eigenvalue weighted by atomic mass is 9.98. The molecule has 0 atom stereocenters. The molecule has 0 bridgehead atoms. The standard InChI is InChI=1S/C24H18N2/c1-3-16-13-14-19-18-11-7-8-12-20(18)23-22(21(19)15-16)25-24(26(23)2)17-9-5-4-6-10-17/h3-15H,1H2,2H3. The predicted octanol–water partition coefficient (Wildman–Crippen LogP) is 6.19. The van der Waals surface area contributed by atoms with Gasteiger partial charge in [-0.3, -0.25) is 0 Å². The molecule has 0 amide bonds. The number of imidazole rings is 1. The molecular formula is C24H18N2. The van der Waals surface area contributed by atoms with Crippen LogP contribution in [-0.4, -0.2) is 9.55 Å². The summed E-state index contributed by atoms with van der Waals surface area (Å²) in [5, 5.41) is 4.90. The summed E-state index contributed by atoms with van der Waals surface area (Å²) in [6, 6.07) is 25.5. The van der Waals surface area contributed by atoms with Crippen LogP contribution < -0.4 is 0 Å². The molecule has 2 heteroatoms. The quantitative estimate of drug-likeness (QED) is 0.352. The zero-order valence-corrected chi connectivity index (χ0v) is 14.6. The minimum Gasteiger partial charge on any atom is -0.327 e. The van der Waals surface area contributed by atoms with Gasteiger partial charge in [0.1, 0.15) is 5.82 Å². The Bertz CT molecular complexity index is 1290. The lowest BCUT2D eigenvalue weighted by Crippen LogP contribution is -1.93. The van der Waals surface area contributed by atoms with Crippen molar-refractivity contribution in [2.75, 3.05) is 0 Å². The Balaban J connectivity index is 2.03. The predicted molar refractivity (Wildman–Crippen MR) is 111 cm³/mol. The summed E-state index contributed by atoms with van der Waals surface area (Å²) in [5.74, 6) is 0.988. The lowest BCUT2D eigenvalue weighted by Gasteiger charge is -2.09. The molecule has 0 N–H and O–H groups in total. The molecule has 0 radical (unpaired) electrons. The molecule has 0 saturated carbocycles. The summed E-state index contributed by atoms with van der Waals surface area (Å²) in [4.78, 5) is 5.06. The van der Waals surface area contributed by atoms with Crippen LogP contribution in [-0.2, 0) is 7.05 Å². The Hall–Kier alpha value is -3.39. The van der Waals surface area contributed by atoms with Crippen LogP contribution in [0.3, 0.4) is 0 Å². The van der Waals surface area contributed by atoms with Crippen LogP contribution in [0, 0.1) is 0 Å². The highest BCUT2D eigenvalue weighted by molar-refractivity contribution is 6.24. The van der Waals surface area contributed by atoms with Crippen molar-refractivity contribution in [2.24, 2.45) is 7.05 Å². The van der Waals surface area contributed by atoms with Crippen molar-refractivity contribution in [3.8, 4) is 11.4 Å². The molecule has 0 unspecified atom stereocenters. The van der Waals surface area contributed by atoms with Gasteiger partial charge < -0.3 is 4.57 Å². The van der Waals surface area contributed by atoms with Crippen LogP contribution in [0.5, 0.6) is 0 Å². The van der Waals surface area contributed by atoms with Crippen LogP contribution in [0.1, 0.15) is 5.56 Å². The maximum Gasteiger partial charge on any atom is 0.140 e. The first kappa shape index (κ1) is 14.9. The maximum atomic E-state index is 5.06. The maximum absolute atomic E-state index is 5.06. The van der Waals surface area contributed by atoms with E-state index in [1.165, 1.54) is 27.1 Å². The number of aryl methyl sites for hydroxylation is 1. The fourth-order valence-electron chi connectivity index (χ4n) is 3.88. The summed E-state index contributed by atoms with van der Waals surface area (Å²) in [6.45, 7) is 3.92. The molecule has 4 aromatic carbocycles. The van der Waals surface area contributed by atoms with E-state index in [0.29, 0.717) is 0 Å². The van der Waals surface area contributed by atoms with Gasteiger partial charge in [-0.1, -0.05) is 79.4 Å². The van der Waals surface area contributed by atoms with E-state index in [1.54, 1.807) is 0 Å². The highest BCUT2D eigenvalue weighted by Gasteiger charge is 2.16. The normalized spacial score (nSPS) is 11.4. The third-order valence-electron chi connectivity index (χ3n) is 5.13. The molecule has 2 nitrogen and oxygen atoms in total. The van der Waals surface area contributed by atoms with Gasteiger partial charge in [0.25, 0.3) is 0 Å². The van der Waals surface area contributed by atoms with Gasteiger partial charge in [-0.15, -0.1) is 0 Å². The average molecular weight is 334 g/mol. The van der Waals surface area contributed by atoms with E-state index >= 15 is 0 Å². The Morgan fingerprint density at radius 2 is 1.50 bits per heavy atom. The topological polar surface area (TPSA) is 17.8 Å². The van der Waals surface area contributed by atoms with Crippen LogP contribution in [0.15, 0.2) is 79.4 Å². The Kier molecular flexibility index (Phi) is 3.19. The van der Waals surface area contributed by atoms with Gasteiger partial charge >= 0.3 is 0 Å². The largest absolute Gasteiger partial charge is 0.327 e. The van der Waals surface area contributed by atoms with Crippen molar-refractivity contribution in [1.82, 2.24) is 9.55 Å². The molecule has 26 heavy (non-hydrogen) atoms. The van der Waals surface area contributed by atoms with E-state index in [9.17, 15) is 0 Å². The highest BCUT2D eigenvalue weighted by Crippen LogP contribution is 2.37. The number of hydrogen-bond acceptors (Lipinski definition) is 1. The average Bonchev–Trinajstić information content (AvgIpc) is 3.06. The molecule has 5 aromatic rings. The number of fused-ring (bicyclic) bond motifs is 6. The second-order valence-corrected chi connectivity index (χ2v) is 6.61. The molecule has 124 valence electrons. The van der Waals surface area contributed by atoms with Crippen LogP contribution >= 0.6 is 0 Å². The minimum absolute atomic E-state index is 0.988. The monoisotopic (exact) mass is 334 g/mol. The molecular weight excluding hydrogens is 316 g/mol. The van der Waals surface area contributed by atoms with Gasteiger partial charge in [0.05, 0.1) is 11.0 Å². The summed E-state index contributed by atoms with van der Waals surface area (Å²) < 4.78 is 2.22. The second-order valence-electron chi connectivity index (χ2n) is 6.61. The molecule has 0 saturated heterocycles.